The van der Waals surface area contributed by atoms with Crippen LogP contribution in [0, 0.1) is 17.8 Å². The molecule has 0 spiro atoms. The van der Waals surface area contributed by atoms with Gasteiger partial charge in [-0.25, -0.2) is 9.97 Å². The first-order chi connectivity index (χ1) is 25.5. The second kappa shape index (κ2) is 17.4. The molecule has 0 radical (unpaired) electrons. The third-order valence-electron chi connectivity index (χ3n) is 10.4. The standard InChI is InChI=1S/C39H50F3N5O7/c1-5-38(4,13-15-43-36(51)30-21-26-20-29(30)34(49)33(26)48)53-17-14-37(2,3)52-18-16-44-35(50)25-8-6-7-24(19-25)31-22-32(46-23-45-31)47-27-9-11-28(12-10-27)54-39(40,41)42/h6-12,19,22-23,26,29-30,33-34,48-49H,5,13-18,20-21H2,1-4H3,(H,43,51)(H,44,50)(H,45,46,47). The van der Waals surface area contributed by atoms with E-state index in [4.69, 9.17) is 9.47 Å². The summed E-state index contributed by atoms with van der Waals surface area (Å²) in [5.41, 5.74) is 1.17. The van der Waals surface area contributed by atoms with Crippen molar-refractivity contribution in [3.63, 3.8) is 0 Å². The Morgan fingerprint density at radius 3 is 2.33 bits per heavy atom. The number of carbonyl (C=O) groups excluding carboxylic acids is 2. The first kappa shape index (κ1) is 40.9. The predicted molar refractivity (Wildman–Crippen MR) is 195 cm³/mol. The largest absolute Gasteiger partial charge is 0.573 e. The highest BCUT2D eigenvalue weighted by atomic mass is 19.4. The molecule has 2 bridgehead atoms. The van der Waals surface area contributed by atoms with E-state index in [1.807, 2.05) is 27.7 Å². The van der Waals surface area contributed by atoms with E-state index in [-0.39, 0.29) is 48.5 Å². The number of anilines is 2. The van der Waals surface area contributed by atoms with Crippen LogP contribution in [0.3, 0.4) is 0 Å². The Hall–Kier alpha value is -4.31. The fraction of sp³-hybridized carbons (Fsp3) is 0.538. The van der Waals surface area contributed by atoms with Gasteiger partial charge in [-0.15, -0.1) is 13.2 Å². The first-order valence-electron chi connectivity index (χ1n) is 18.3. The summed E-state index contributed by atoms with van der Waals surface area (Å²) in [6.45, 7) is 9.48. The molecule has 15 heteroatoms. The van der Waals surface area contributed by atoms with Crippen LogP contribution in [0.2, 0.25) is 0 Å². The van der Waals surface area contributed by atoms with Gasteiger partial charge in [-0.1, -0.05) is 19.1 Å². The minimum Gasteiger partial charge on any atom is -0.406 e. The molecule has 294 valence electrons. The Morgan fingerprint density at radius 1 is 0.889 bits per heavy atom. The number of amides is 2. The topological polar surface area (TPSA) is 164 Å². The van der Waals surface area contributed by atoms with Gasteiger partial charge in [-0.2, -0.15) is 0 Å². The molecule has 3 aromatic rings. The summed E-state index contributed by atoms with van der Waals surface area (Å²) < 4.78 is 53.7. The summed E-state index contributed by atoms with van der Waals surface area (Å²) in [5.74, 6) is -0.711. The molecule has 2 amide bonds. The number of ether oxygens (including phenoxy) is 3. The van der Waals surface area contributed by atoms with Gasteiger partial charge >= 0.3 is 6.36 Å². The highest BCUT2D eigenvalue weighted by molar-refractivity contribution is 5.95. The molecular formula is C39H50F3N5O7. The number of rotatable bonds is 18. The first-order valence-corrected chi connectivity index (χ1v) is 18.3. The molecule has 6 unspecified atom stereocenters. The number of nitrogens with zero attached hydrogens (tertiary/aromatic N) is 2. The van der Waals surface area contributed by atoms with Crippen molar-refractivity contribution in [2.24, 2.45) is 17.8 Å². The Morgan fingerprint density at radius 2 is 1.65 bits per heavy atom. The van der Waals surface area contributed by atoms with E-state index in [0.717, 1.165) is 6.42 Å². The van der Waals surface area contributed by atoms with Gasteiger partial charge in [0.25, 0.3) is 5.91 Å². The number of aromatic nitrogens is 2. The number of benzene rings is 2. The van der Waals surface area contributed by atoms with Gasteiger partial charge in [-0.3, -0.25) is 9.59 Å². The number of fused-ring (bicyclic) bond motifs is 2. The van der Waals surface area contributed by atoms with E-state index in [1.54, 1.807) is 30.3 Å². The van der Waals surface area contributed by atoms with Crippen LogP contribution in [0.5, 0.6) is 5.75 Å². The smallest absolute Gasteiger partial charge is 0.406 e. The normalized spacial score (nSPS) is 22.1. The molecule has 2 fully saturated rings. The molecule has 1 heterocycles. The molecule has 1 aromatic heterocycles. The molecule has 5 rings (SSSR count). The van der Waals surface area contributed by atoms with Crippen molar-refractivity contribution in [3.05, 3.63) is 66.5 Å². The Balaban J connectivity index is 1.02. The monoisotopic (exact) mass is 757 g/mol. The van der Waals surface area contributed by atoms with Gasteiger partial charge in [-0.05, 0) is 101 Å². The molecule has 2 aromatic carbocycles. The number of carbonyl (C=O) groups is 2. The van der Waals surface area contributed by atoms with Crippen molar-refractivity contribution in [1.29, 1.82) is 0 Å². The van der Waals surface area contributed by atoms with Crippen LogP contribution in [0.1, 0.15) is 70.2 Å². The highest BCUT2D eigenvalue weighted by Crippen LogP contribution is 2.48. The fourth-order valence-corrected chi connectivity index (χ4v) is 7.03. The van der Waals surface area contributed by atoms with Crippen LogP contribution >= 0.6 is 0 Å². The van der Waals surface area contributed by atoms with Crippen molar-refractivity contribution in [2.45, 2.75) is 89.6 Å². The minimum atomic E-state index is -4.78. The number of hydrogen-bond donors (Lipinski definition) is 5. The van der Waals surface area contributed by atoms with E-state index in [2.05, 4.69) is 30.7 Å². The molecule has 2 saturated carbocycles. The summed E-state index contributed by atoms with van der Waals surface area (Å²) in [5, 5.41) is 29.2. The van der Waals surface area contributed by atoms with Gasteiger partial charge in [0.1, 0.15) is 17.9 Å². The third kappa shape index (κ3) is 11.1. The van der Waals surface area contributed by atoms with Gasteiger partial charge < -0.3 is 40.4 Å². The average Bonchev–Trinajstić information content (AvgIpc) is 3.69. The summed E-state index contributed by atoms with van der Waals surface area (Å²) in [4.78, 5) is 34.3. The van der Waals surface area contributed by atoms with Gasteiger partial charge in [0.15, 0.2) is 0 Å². The molecule has 0 aliphatic heterocycles. The molecule has 12 nitrogen and oxygen atoms in total. The Kier molecular flexibility index (Phi) is 13.2. The number of alkyl halides is 3. The Labute approximate surface area is 313 Å². The van der Waals surface area contributed by atoms with Crippen LogP contribution in [0.15, 0.2) is 60.9 Å². The van der Waals surface area contributed by atoms with E-state index in [1.165, 1.54) is 30.6 Å². The molecular weight excluding hydrogens is 707 g/mol. The number of halogens is 3. The molecule has 6 atom stereocenters. The number of hydrogen-bond acceptors (Lipinski definition) is 10. The van der Waals surface area contributed by atoms with E-state index in [9.17, 15) is 33.0 Å². The summed E-state index contributed by atoms with van der Waals surface area (Å²) in [6, 6.07) is 13.9. The summed E-state index contributed by atoms with van der Waals surface area (Å²) in [7, 11) is 0. The lowest BCUT2D eigenvalue weighted by molar-refractivity contribution is -0.274. The quantitative estimate of drug-likeness (QED) is 0.101. The third-order valence-corrected chi connectivity index (χ3v) is 10.4. The van der Waals surface area contributed by atoms with Gasteiger partial charge in [0, 0.05) is 41.9 Å². The SMILES string of the molecule is CCC(C)(CCNC(=O)C1CC2CC1C(O)C2O)OCCC(C)(C)OCCNC(=O)c1cccc(-c2cc(Nc3ccc(OC(F)(F)F)cc3)ncn2)c1. The van der Waals surface area contributed by atoms with Crippen LogP contribution in [-0.4, -0.2) is 88.1 Å². The fourth-order valence-electron chi connectivity index (χ4n) is 7.03. The molecule has 2 aliphatic carbocycles. The maximum absolute atomic E-state index is 13.0. The van der Waals surface area contributed by atoms with Crippen LogP contribution < -0.4 is 20.7 Å². The number of aliphatic hydroxyl groups excluding tert-OH is 2. The molecule has 0 saturated heterocycles. The second-order valence-corrected chi connectivity index (χ2v) is 14.9. The Bertz CT molecular complexity index is 1730. The zero-order valence-corrected chi connectivity index (χ0v) is 31.0. The van der Waals surface area contributed by atoms with Crippen molar-refractivity contribution in [1.82, 2.24) is 20.6 Å². The average molecular weight is 758 g/mol. The molecule has 5 N–H and O–H groups in total. The van der Waals surface area contributed by atoms with Crippen LogP contribution in [-0.2, 0) is 14.3 Å². The van der Waals surface area contributed by atoms with E-state index < -0.39 is 29.8 Å². The van der Waals surface area contributed by atoms with E-state index >= 15 is 0 Å². The maximum atomic E-state index is 13.0. The number of nitrogens with one attached hydrogen (secondary N) is 3. The minimum absolute atomic E-state index is 0.00193. The molecule has 54 heavy (non-hydrogen) atoms. The second-order valence-electron chi connectivity index (χ2n) is 14.9. The molecule has 2 aliphatic rings. The predicted octanol–water partition coefficient (Wildman–Crippen LogP) is 5.77. The lowest BCUT2D eigenvalue weighted by atomic mass is 9.84. The maximum Gasteiger partial charge on any atom is 0.573 e. The zero-order valence-electron chi connectivity index (χ0n) is 31.0. The highest BCUT2D eigenvalue weighted by Gasteiger charge is 2.53. The van der Waals surface area contributed by atoms with E-state index in [0.29, 0.717) is 67.2 Å². The summed E-state index contributed by atoms with van der Waals surface area (Å²) >= 11 is 0. The van der Waals surface area contributed by atoms with Gasteiger partial charge in [0.05, 0.1) is 42.3 Å². The lowest BCUT2D eigenvalue weighted by Crippen LogP contribution is -2.44. The van der Waals surface area contributed by atoms with Crippen molar-refractivity contribution < 1.29 is 47.2 Å². The van der Waals surface area contributed by atoms with Gasteiger partial charge in [0.2, 0.25) is 5.91 Å². The van der Waals surface area contributed by atoms with Crippen LogP contribution in [0.4, 0.5) is 24.7 Å². The van der Waals surface area contributed by atoms with Crippen molar-refractivity contribution in [3.8, 4) is 17.0 Å². The van der Waals surface area contributed by atoms with Crippen molar-refractivity contribution >= 4 is 23.3 Å². The van der Waals surface area contributed by atoms with Crippen molar-refractivity contribution in [2.75, 3.05) is 31.6 Å². The lowest BCUT2D eigenvalue weighted by Gasteiger charge is -2.32. The van der Waals surface area contributed by atoms with Crippen LogP contribution in [0.25, 0.3) is 11.3 Å². The number of aliphatic hydroxyl groups is 2. The summed E-state index contributed by atoms with van der Waals surface area (Å²) in [6.07, 6.45) is -1.66. The zero-order chi connectivity index (χ0) is 39.1.